The number of aromatic nitrogens is 2. The second-order valence-electron chi connectivity index (χ2n) is 7.74. The minimum absolute atomic E-state index is 0.306. The summed E-state index contributed by atoms with van der Waals surface area (Å²) < 4.78 is 0. The van der Waals surface area contributed by atoms with Gasteiger partial charge in [-0.3, -0.25) is 9.69 Å². The number of amides is 1. The summed E-state index contributed by atoms with van der Waals surface area (Å²) in [6, 6.07) is 0.449. The highest BCUT2D eigenvalue weighted by Gasteiger charge is 2.27. The van der Waals surface area contributed by atoms with Crippen LogP contribution in [0.15, 0.2) is 12.4 Å². The third-order valence-corrected chi connectivity index (χ3v) is 5.68. The topological polar surface area (TPSA) is 52.6 Å². The number of hydrogen-bond donors (Lipinski definition) is 0. The van der Waals surface area contributed by atoms with E-state index in [1.54, 1.807) is 0 Å². The van der Waals surface area contributed by atoms with Gasteiger partial charge in [0, 0.05) is 51.7 Å². The molecule has 0 atom stereocenters. The van der Waals surface area contributed by atoms with Crippen LogP contribution in [0.3, 0.4) is 0 Å². The minimum atomic E-state index is 0.306. The van der Waals surface area contributed by atoms with Gasteiger partial charge in [0.1, 0.15) is 0 Å². The molecule has 2 aliphatic rings. The molecule has 1 aromatic heterocycles. The summed E-state index contributed by atoms with van der Waals surface area (Å²) >= 11 is 0. The fraction of sp³-hybridized carbons (Fsp3) is 0.737. The summed E-state index contributed by atoms with van der Waals surface area (Å²) in [6.45, 7) is 8.66. The number of anilines is 1. The van der Waals surface area contributed by atoms with E-state index in [0.717, 1.165) is 69.3 Å². The van der Waals surface area contributed by atoms with Crippen molar-refractivity contribution in [2.75, 3.05) is 44.7 Å². The lowest BCUT2D eigenvalue weighted by Gasteiger charge is -2.38. The molecule has 0 aromatic carbocycles. The molecule has 0 saturated carbocycles. The molecule has 6 heteroatoms. The molecule has 2 aliphatic heterocycles. The first-order valence-corrected chi connectivity index (χ1v) is 9.54. The smallest absolute Gasteiger partial charge is 0.236 e. The van der Waals surface area contributed by atoms with Crippen LogP contribution in [0, 0.1) is 12.8 Å². The Morgan fingerprint density at radius 2 is 1.72 bits per heavy atom. The quantitative estimate of drug-likeness (QED) is 0.835. The Hall–Kier alpha value is -1.69. The van der Waals surface area contributed by atoms with E-state index >= 15 is 0 Å². The van der Waals surface area contributed by atoms with Crippen molar-refractivity contribution in [1.29, 1.82) is 0 Å². The highest BCUT2D eigenvalue weighted by Crippen LogP contribution is 2.20. The molecule has 0 spiro atoms. The van der Waals surface area contributed by atoms with Gasteiger partial charge in [-0.2, -0.15) is 0 Å². The van der Waals surface area contributed by atoms with E-state index < -0.39 is 0 Å². The van der Waals surface area contributed by atoms with Crippen LogP contribution in [0.5, 0.6) is 0 Å². The summed E-state index contributed by atoms with van der Waals surface area (Å²) in [6.07, 6.45) is 8.14. The second kappa shape index (κ2) is 8.13. The summed E-state index contributed by atoms with van der Waals surface area (Å²) in [4.78, 5) is 27.9. The van der Waals surface area contributed by atoms with Gasteiger partial charge in [0.15, 0.2) is 0 Å². The van der Waals surface area contributed by atoms with Crippen molar-refractivity contribution >= 4 is 11.9 Å². The third kappa shape index (κ3) is 4.69. The Balaban J connectivity index is 1.45. The fourth-order valence-electron chi connectivity index (χ4n) is 3.75. The van der Waals surface area contributed by atoms with Crippen LogP contribution in [-0.2, 0) is 4.79 Å². The van der Waals surface area contributed by atoms with Crippen LogP contribution in [0.2, 0.25) is 0 Å². The molecule has 0 aliphatic carbocycles. The maximum Gasteiger partial charge on any atom is 0.236 e. The zero-order valence-corrected chi connectivity index (χ0v) is 15.8. The van der Waals surface area contributed by atoms with Crippen LogP contribution in [0.25, 0.3) is 0 Å². The van der Waals surface area contributed by atoms with Gasteiger partial charge in [0.05, 0.1) is 6.54 Å². The average molecular weight is 345 g/mol. The monoisotopic (exact) mass is 345 g/mol. The van der Waals surface area contributed by atoms with Crippen LogP contribution in [-0.4, -0.2) is 71.5 Å². The van der Waals surface area contributed by atoms with Gasteiger partial charge in [-0.1, -0.05) is 6.92 Å². The number of nitrogens with zero attached hydrogens (tertiary/aromatic N) is 5. The maximum atomic E-state index is 12.5. The van der Waals surface area contributed by atoms with Crippen LogP contribution in [0.1, 0.15) is 38.2 Å². The van der Waals surface area contributed by atoms with E-state index in [1.165, 1.54) is 0 Å². The van der Waals surface area contributed by atoms with Crippen molar-refractivity contribution in [1.82, 2.24) is 19.8 Å². The van der Waals surface area contributed by atoms with Gasteiger partial charge in [0.25, 0.3) is 0 Å². The lowest BCUT2D eigenvalue weighted by molar-refractivity contribution is -0.134. The van der Waals surface area contributed by atoms with E-state index in [2.05, 4.69) is 38.6 Å². The van der Waals surface area contributed by atoms with Crippen molar-refractivity contribution < 1.29 is 4.79 Å². The summed E-state index contributed by atoms with van der Waals surface area (Å²) in [5.41, 5.74) is 1.08. The molecule has 138 valence electrons. The standard InChI is InChI=1S/C19H31N5O/c1-15-4-10-24(11-5-15)18(25)14-23-8-6-17(7-9-23)22(3)19-20-12-16(2)13-21-19/h12-13,15,17H,4-11,14H2,1-3H3. The molecule has 3 heterocycles. The number of rotatable bonds is 4. The molecule has 2 fully saturated rings. The zero-order valence-electron chi connectivity index (χ0n) is 15.8. The summed E-state index contributed by atoms with van der Waals surface area (Å²) in [5, 5.41) is 0. The molecular weight excluding hydrogens is 314 g/mol. The normalized spacial score (nSPS) is 20.7. The molecule has 0 N–H and O–H groups in total. The largest absolute Gasteiger partial charge is 0.342 e. The average Bonchev–Trinajstić information content (AvgIpc) is 2.63. The van der Waals surface area contributed by atoms with Gasteiger partial charge in [-0.25, -0.2) is 9.97 Å². The second-order valence-corrected chi connectivity index (χ2v) is 7.74. The van der Waals surface area contributed by atoms with Crippen molar-refractivity contribution in [3.8, 4) is 0 Å². The van der Waals surface area contributed by atoms with Crippen molar-refractivity contribution in [3.05, 3.63) is 18.0 Å². The van der Waals surface area contributed by atoms with Gasteiger partial charge in [-0.15, -0.1) is 0 Å². The summed E-state index contributed by atoms with van der Waals surface area (Å²) in [5.74, 6) is 1.86. The summed E-state index contributed by atoms with van der Waals surface area (Å²) in [7, 11) is 2.07. The predicted molar refractivity (Wildman–Crippen MR) is 99.6 cm³/mol. The Morgan fingerprint density at radius 3 is 2.32 bits per heavy atom. The molecule has 0 bridgehead atoms. The molecule has 0 radical (unpaired) electrons. The molecule has 6 nitrogen and oxygen atoms in total. The number of hydrogen-bond acceptors (Lipinski definition) is 5. The van der Waals surface area contributed by atoms with E-state index in [0.29, 0.717) is 18.5 Å². The number of carbonyl (C=O) groups is 1. The molecule has 3 rings (SSSR count). The SMILES string of the molecule is Cc1cnc(N(C)C2CCN(CC(=O)N3CCC(C)CC3)CC2)nc1. The van der Waals surface area contributed by atoms with Crippen LogP contribution >= 0.6 is 0 Å². The Bertz CT molecular complexity index is 560. The molecule has 0 unspecified atom stereocenters. The molecule has 2 saturated heterocycles. The Labute approximate surface area is 151 Å². The van der Waals surface area contributed by atoms with Crippen molar-refractivity contribution in [2.24, 2.45) is 5.92 Å². The number of likely N-dealkylation sites (tertiary alicyclic amines) is 2. The minimum Gasteiger partial charge on any atom is -0.342 e. The van der Waals surface area contributed by atoms with E-state index in [9.17, 15) is 4.79 Å². The molecule has 1 aromatic rings. The van der Waals surface area contributed by atoms with Gasteiger partial charge < -0.3 is 9.80 Å². The Kier molecular flexibility index (Phi) is 5.89. The molecule has 1 amide bonds. The number of piperidine rings is 2. The van der Waals surface area contributed by atoms with E-state index in [1.807, 2.05) is 19.3 Å². The predicted octanol–water partition coefficient (Wildman–Crippen LogP) is 1.94. The van der Waals surface area contributed by atoms with Crippen molar-refractivity contribution in [2.45, 2.75) is 45.6 Å². The number of carbonyl (C=O) groups excluding carboxylic acids is 1. The number of aryl methyl sites for hydroxylation is 1. The Morgan fingerprint density at radius 1 is 1.12 bits per heavy atom. The highest BCUT2D eigenvalue weighted by molar-refractivity contribution is 5.78. The van der Waals surface area contributed by atoms with Gasteiger partial charge in [-0.05, 0) is 44.1 Å². The van der Waals surface area contributed by atoms with Crippen LogP contribution < -0.4 is 4.90 Å². The molecular formula is C19H31N5O. The zero-order chi connectivity index (χ0) is 17.8. The maximum absolute atomic E-state index is 12.5. The fourth-order valence-corrected chi connectivity index (χ4v) is 3.75. The lowest BCUT2D eigenvalue weighted by atomic mass is 9.99. The third-order valence-electron chi connectivity index (χ3n) is 5.68. The van der Waals surface area contributed by atoms with Crippen LogP contribution in [0.4, 0.5) is 5.95 Å². The van der Waals surface area contributed by atoms with Gasteiger partial charge in [0.2, 0.25) is 11.9 Å². The van der Waals surface area contributed by atoms with E-state index in [4.69, 9.17) is 0 Å². The highest BCUT2D eigenvalue weighted by atomic mass is 16.2. The lowest BCUT2D eigenvalue weighted by Crippen LogP contribution is -2.48. The van der Waals surface area contributed by atoms with E-state index in [-0.39, 0.29) is 0 Å². The molecule has 25 heavy (non-hydrogen) atoms. The first-order valence-electron chi connectivity index (χ1n) is 9.54. The van der Waals surface area contributed by atoms with Crippen molar-refractivity contribution in [3.63, 3.8) is 0 Å². The first kappa shape index (κ1) is 18.1. The first-order chi connectivity index (χ1) is 12.0. The van der Waals surface area contributed by atoms with Gasteiger partial charge >= 0.3 is 0 Å².